The predicted molar refractivity (Wildman–Crippen MR) is 160 cm³/mol. The SMILES string of the molecule is CC(=O)O[C@@H](C)/C=C\C(=O)N[C@@H]1C[C@H](C)[C@H](C/C=C(C)/C=C/[C@H]2O[C@H](CC(=O)N3CCNCC3)CC3(CO3)[C@@H]2O)O[C@@H]1C. The number of nitrogens with one attached hydrogen (secondary N) is 2. The van der Waals surface area contributed by atoms with E-state index in [1.807, 2.05) is 30.9 Å². The molecule has 0 aromatic heterocycles. The molecule has 4 aliphatic heterocycles. The van der Waals surface area contributed by atoms with Crippen molar-refractivity contribution in [2.75, 3.05) is 32.8 Å². The molecule has 0 radical (unpaired) electrons. The maximum atomic E-state index is 12.8. The van der Waals surface area contributed by atoms with Gasteiger partial charge in [-0.1, -0.05) is 30.7 Å². The Labute approximate surface area is 255 Å². The molecule has 4 fully saturated rings. The number of allylic oxidation sites excluding steroid dienone is 2. The van der Waals surface area contributed by atoms with Gasteiger partial charge in [-0.2, -0.15) is 0 Å². The fraction of sp³-hybridized carbons (Fsp3) is 0.719. The fourth-order valence-corrected chi connectivity index (χ4v) is 6.12. The smallest absolute Gasteiger partial charge is 0.303 e. The highest BCUT2D eigenvalue weighted by Crippen LogP contribution is 2.43. The predicted octanol–water partition coefficient (Wildman–Crippen LogP) is 1.79. The van der Waals surface area contributed by atoms with Gasteiger partial charge in [0.25, 0.3) is 0 Å². The average molecular weight is 604 g/mol. The highest BCUT2D eigenvalue weighted by Gasteiger charge is 2.58. The van der Waals surface area contributed by atoms with Gasteiger partial charge in [-0.05, 0) is 45.6 Å². The Morgan fingerprint density at radius 1 is 1.16 bits per heavy atom. The summed E-state index contributed by atoms with van der Waals surface area (Å²) in [5.41, 5.74) is 0.398. The van der Waals surface area contributed by atoms with Gasteiger partial charge in [0, 0.05) is 45.6 Å². The Kier molecular flexibility index (Phi) is 11.6. The first-order chi connectivity index (χ1) is 20.5. The van der Waals surface area contributed by atoms with Crippen molar-refractivity contribution >= 4 is 17.8 Å². The van der Waals surface area contributed by atoms with Crippen molar-refractivity contribution in [3.05, 3.63) is 36.0 Å². The number of aliphatic hydroxyl groups excluding tert-OH is 1. The number of nitrogens with zero attached hydrogens (tertiary/aromatic N) is 1. The Balaban J connectivity index is 1.26. The molecule has 2 amide bonds. The largest absolute Gasteiger partial charge is 0.459 e. The number of hydrogen-bond acceptors (Lipinski definition) is 9. The molecular formula is C32H49N3O8. The number of esters is 1. The molecule has 4 aliphatic rings. The highest BCUT2D eigenvalue weighted by molar-refractivity contribution is 5.87. The summed E-state index contributed by atoms with van der Waals surface area (Å²) in [5.74, 6) is -0.328. The molecule has 0 saturated carbocycles. The molecule has 1 unspecified atom stereocenters. The van der Waals surface area contributed by atoms with E-state index in [0.717, 1.165) is 25.1 Å². The molecule has 0 aliphatic carbocycles. The van der Waals surface area contributed by atoms with Crippen molar-refractivity contribution in [3.8, 4) is 0 Å². The van der Waals surface area contributed by atoms with Crippen LogP contribution in [0.1, 0.15) is 60.3 Å². The molecule has 1 spiro atoms. The summed E-state index contributed by atoms with van der Waals surface area (Å²) in [4.78, 5) is 38.1. The van der Waals surface area contributed by atoms with Gasteiger partial charge in [0.1, 0.15) is 23.9 Å². The van der Waals surface area contributed by atoms with Crippen LogP contribution in [0.25, 0.3) is 0 Å². The van der Waals surface area contributed by atoms with Crippen molar-refractivity contribution in [1.29, 1.82) is 0 Å². The summed E-state index contributed by atoms with van der Waals surface area (Å²) in [5, 5.41) is 17.2. The van der Waals surface area contributed by atoms with Crippen molar-refractivity contribution in [2.24, 2.45) is 5.92 Å². The standard InChI is InChI=1S/C32H49N3O8/c1-20(6-9-27-21(2)16-26(23(4)42-27)34-29(37)11-8-22(3)41-24(5)36)7-10-28-31(39)32(19-40-32)18-25(43-28)17-30(38)35-14-12-33-13-15-35/h6-8,10-11,21-23,25-28,31,33,39H,9,12-19H2,1-5H3,(H,34,37)/b10-7+,11-8-,20-6+/t21-,22-,23+,25+,26+,27-,28+,31+,32?/m0/s1. The summed E-state index contributed by atoms with van der Waals surface area (Å²) in [6, 6.07) is -0.120. The van der Waals surface area contributed by atoms with Gasteiger partial charge in [-0.15, -0.1) is 0 Å². The number of rotatable bonds is 10. The fourth-order valence-electron chi connectivity index (χ4n) is 6.12. The van der Waals surface area contributed by atoms with Crippen molar-refractivity contribution in [1.82, 2.24) is 15.5 Å². The molecule has 3 N–H and O–H groups in total. The monoisotopic (exact) mass is 603 g/mol. The van der Waals surface area contributed by atoms with E-state index in [2.05, 4.69) is 23.6 Å². The molecular weight excluding hydrogens is 554 g/mol. The van der Waals surface area contributed by atoms with E-state index < -0.39 is 29.9 Å². The van der Waals surface area contributed by atoms with Gasteiger partial charge in [0.2, 0.25) is 11.8 Å². The zero-order valence-corrected chi connectivity index (χ0v) is 26.1. The third kappa shape index (κ3) is 9.46. The molecule has 0 aromatic rings. The van der Waals surface area contributed by atoms with Crippen LogP contribution in [0, 0.1) is 5.92 Å². The van der Waals surface area contributed by atoms with E-state index in [1.54, 1.807) is 13.0 Å². The van der Waals surface area contributed by atoms with Gasteiger partial charge in [0.05, 0.1) is 37.4 Å². The van der Waals surface area contributed by atoms with E-state index in [9.17, 15) is 19.5 Å². The second-order valence-corrected chi connectivity index (χ2v) is 12.5. The number of epoxide rings is 1. The lowest BCUT2D eigenvalue weighted by Gasteiger charge is -2.39. The summed E-state index contributed by atoms with van der Waals surface area (Å²) in [7, 11) is 0. The molecule has 11 heteroatoms. The third-order valence-corrected chi connectivity index (χ3v) is 8.80. The van der Waals surface area contributed by atoms with E-state index >= 15 is 0 Å². The summed E-state index contributed by atoms with van der Waals surface area (Å²) < 4.78 is 23.2. The first-order valence-corrected chi connectivity index (χ1v) is 15.6. The third-order valence-electron chi connectivity index (χ3n) is 8.80. The Hall–Kier alpha value is -2.57. The molecule has 9 atom stereocenters. The topological polar surface area (TPSA) is 139 Å². The van der Waals surface area contributed by atoms with Crippen LogP contribution >= 0.6 is 0 Å². The van der Waals surface area contributed by atoms with Gasteiger partial charge in [-0.3, -0.25) is 14.4 Å². The second kappa shape index (κ2) is 14.9. The lowest BCUT2D eigenvalue weighted by Crippen LogP contribution is -2.52. The van der Waals surface area contributed by atoms with Crippen LogP contribution in [0.5, 0.6) is 0 Å². The van der Waals surface area contributed by atoms with Crippen molar-refractivity contribution in [2.45, 2.75) is 109 Å². The van der Waals surface area contributed by atoms with Crippen molar-refractivity contribution in [3.63, 3.8) is 0 Å². The van der Waals surface area contributed by atoms with Crippen LogP contribution in [0.3, 0.4) is 0 Å². The molecule has 4 saturated heterocycles. The first kappa shape index (κ1) is 33.3. The molecule has 0 bridgehead atoms. The second-order valence-electron chi connectivity index (χ2n) is 12.5. The maximum Gasteiger partial charge on any atom is 0.303 e. The summed E-state index contributed by atoms with van der Waals surface area (Å²) in [6.45, 7) is 12.6. The molecule has 11 nitrogen and oxygen atoms in total. The summed E-state index contributed by atoms with van der Waals surface area (Å²) >= 11 is 0. The van der Waals surface area contributed by atoms with Crippen LogP contribution in [0.15, 0.2) is 36.0 Å². The molecule has 43 heavy (non-hydrogen) atoms. The van der Waals surface area contributed by atoms with E-state index in [-0.39, 0.29) is 48.5 Å². The minimum absolute atomic E-state index is 0.00562. The minimum atomic E-state index is -0.781. The highest BCUT2D eigenvalue weighted by atomic mass is 16.6. The lowest BCUT2D eigenvalue weighted by molar-refractivity contribution is -0.151. The van der Waals surface area contributed by atoms with Crippen LogP contribution < -0.4 is 10.6 Å². The average Bonchev–Trinajstić information content (AvgIpc) is 3.74. The van der Waals surface area contributed by atoms with Crippen LogP contribution in [-0.4, -0.2) is 109 Å². The van der Waals surface area contributed by atoms with E-state index in [0.29, 0.717) is 32.5 Å². The Morgan fingerprint density at radius 2 is 1.88 bits per heavy atom. The number of piperazine rings is 1. The van der Waals surface area contributed by atoms with Gasteiger partial charge in [-0.25, -0.2) is 0 Å². The first-order valence-electron chi connectivity index (χ1n) is 15.6. The molecule has 4 heterocycles. The Bertz CT molecular complexity index is 1080. The summed E-state index contributed by atoms with van der Waals surface area (Å²) in [6.07, 6.45) is 8.94. The zero-order valence-electron chi connectivity index (χ0n) is 26.1. The number of carbonyl (C=O) groups is 3. The van der Waals surface area contributed by atoms with Gasteiger partial charge >= 0.3 is 5.97 Å². The number of ether oxygens (including phenoxy) is 4. The number of aliphatic hydroxyl groups is 1. The Morgan fingerprint density at radius 3 is 2.56 bits per heavy atom. The van der Waals surface area contributed by atoms with E-state index in [4.69, 9.17) is 18.9 Å². The van der Waals surface area contributed by atoms with Crippen LogP contribution in [0.4, 0.5) is 0 Å². The van der Waals surface area contributed by atoms with E-state index in [1.165, 1.54) is 13.0 Å². The number of amides is 2. The minimum Gasteiger partial charge on any atom is -0.459 e. The van der Waals surface area contributed by atoms with Crippen LogP contribution in [0.2, 0.25) is 0 Å². The number of carbonyl (C=O) groups excluding carboxylic acids is 3. The van der Waals surface area contributed by atoms with Crippen LogP contribution in [-0.2, 0) is 33.3 Å². The molecule has 0 aromatic carbocycles. The molecule has 240 valence electrons. The zero-order chi connectivity index (χ0) is 31.1. The van der Waals surface area contributed by atoms with Crippen molar-refractivity contribution < 1.29 is 38.4 Å². The number of hydrogen-bond donors (Lipinski definition) is 3. The lowest BCUT2D eigenvalue weighted by atomic mass is 9.87. The normalized spacial score (nSPS) is 35.7. The van der Waals surface area contributed by atoms with Gasteiger partial charge < -0.3 is 39.6 Å². The molecule has 4 rings (SSSR count). The quantitative estimate of drug-likeness (QED) is 0.148. The maximum absolute atomic E-state index is 12.8. The van der Waals surface area contributed by atoms with Gasteiger partial charge in [0.15, 0.2) is 0 Å².